The number of nitrogens with zero attached hydrogens (tertiary/aromatic N) is 4. The van der Waals surface area contributed by atoms with Crippen molar-refractivity contribution in [3.05, 3.63) is 29.6 Å². The smallest absolute Gasteiger partial charge is 0.292 e. The molecule has 2 aliphatic rings. The van der Waals surface area contributed by atoms with E-state index in [9.17, 15) is 4.79 Å². The highest BCUT2D eigenvalue weighted by Crippen LogP contribution is 2.36. The van der Waals surface area contributed by atoms with E-state index in [4.69, 9.17) is 9.26 Å². The van der Waals surface area contributed by atoms with E-state index in [1.54, 1.807) is 17.4 Å². The van der Waals surface area contributed by atoms with Gasteiger partial charge in [0, 0.05) is 49.2 Å². The molecular weight excluding hydrogens is 328 g/mol. The lowest BCUT2D eigenvalue weighted by Gasteiger charge is -2.42. The van der Waals surface area contributed by atoms with Gasteiger partial charge in [-0.2, -0.15) is 0 Å². The molecule has 1 spiro atoms. The van der Waals surface area contributed by atoms with Crippen molar-refractivity contribution in [2.45, 2.75) is 12.8 Å². The molecule has 0 bridgehead atoms. The van der Waals surface area contributed by atoms with Crippen molar-refractivity contribution < 1.29 is 14.1 Å². The van der Waals surface area contributed by atoms with Crippen LogP contribution in [-0.4, -0.2) is 60.3 Å². The van der Waals surface area contributed by atoms with Crippen molar-refractivity contribution in [3.8, 4) is 0 Å². The number of hydrogen-bond acceptors (Lipinski definition) is 7. The molecule has 2 aromatic rings. The summed E-state index contributed by atoms with van der Waals surface area (Å²) in [5, 5.41) is 6.68. The minimum absolute atomic E-state index is 0.0753. The molecule has 0 aliphatic carbocycles. The van der Waals surface area contributed by atoms with Crippen molar-refractivity contribution in [3.63, 3.8) is 0 Å². The summed E-state index contributed by atoms with van der Waals surface area (Å²) in [5.74, 6) is 0.237. The monoisotopic (exact) mass is 348 g/mol. The number of likely N-dealkylation sites (tertiary alicyclic amines) is 1. The normalized spacial score (nSPS) is 21.0. The van der Waals surface area contributed by atoms with Gasteiger partial charge in [0.15, 0.2) is 5.13 Å². The van der Waals surface area contributed by atoms with Crippen LogP contribution in [0.1, 0.15) is 23.4 Å². The maximum absolute atomic E-state index is 12.4. The molecule has 0 unspecified atom stereocenters. The lowest BCUT2D eigenvalue weighted by atomic mass is 9.78. The molecule has 1 amide bonds. The van der Waals surface area contributed by atoms with E-state index < -0.39 is 0 Å². The van der Waals surface area contributed by atoms with Gasteiger partial charge >= 0.3 is 0 Å². The molecule has 0 saturated carbocycles. The fraction of sp³-hybridized carbons (Fsp3) is 0.562. The second-order valence-electron chi connectivity index (χ2n) is 6.46. The molecule has 0 radical (unpaired) electrons. The number of piperidine rings is 1. The molecule has 7 nitrogen and oxygen atoms in total. The van der Waals surface area contributed by atoms with Crippen LogP contribution < -0.4 is 4.90 Å². The predicted octanol–water partition coefficient (Wildman–Crippen LogP) is 1.89. The summed E-state index contributed by atoms with van der Waals surface area (Å²) in [5.41, 5.74) is 0.0837. The van der Waals surface area contributed by atoms with Crippen LogP contribution in [0.25, 0.3) is 0 Å². The van der Waals surface area contributed by atoms with E-state index in [2.05, 4.69) is 15.0 Å². The van der Waals surface area contributed by atoms with Gasteiger partial charge in [-0.1, -0.05) is 5.16 Å². The number of amides is 1. The summed E-state index contributed by atoms with van der Waals surface area (Å²) in [6, 6.07) is 1.62. The third-order valence-corrected chi connectivity index (χ3v) is 5.72. The molecule has 0 aromatic carbocycles. The van der Waals surface area contributed by atoms with Gasteiger partial charge in [0.05, 0.1) is 19.4 Å². The Kier molecular flexibility index (Phi) is 4.24. The Morgan fingerprint density at radius 3 is 2.83 bits per heavy atom. The molecule has 2 aromatic heterocycles. The predicted molar refractivity (Wildman–Crippen MR) is 89.2 cm³/mol. The van der Waals surface area contributed by atoms with Gasteiger partial charge in [-0.05, 0) is 12.8 Å². The van der Waals surface area contributed by atoms with E-state index in [1.807, 2.05) is 16.5 Å². The second-order valence-corrected chi connectivity index (χ2v) is 7.33. The molecule has 0 N–H and O–H groups in total. The first-order chi connectivity index (χ1) is 11.8. The minimum atomic E-state index is -0.0753. The van der Waals surface area contributed by atoms with Crippen molar-refractivity contribution >= 4 is 22.4 Å². The lowest BCUT2D eigenvalue weighted by molar-refractivity contribution is 0.0193. The van der Waals surface area contributed by atoms with Crippen LogP contribution in [0.2, 0.25) is 0 Å². The first kappa shape index (κ1) is 15.6. The average Bonchev–Trinajstić information content (AvgIpc) is 3.29. The quantitative estimate of drug-likeness (QED) is 0.825. The second kappa shape index (κ2) is 6.52. The highest BCUT2D eigenvalue weighted by Gasteiger charge is 2.40. The maximum Gasteiger partial charge on any atom is 0.292 e. The molecule has 8 heteroatoms. The van der Waals surface area contributed by atoms with Crippen LogP contribution >= 0.6 is 11.3 Å². The molecule has 4 rings (SSSR count). The third kappa shape index (κ3) is 3.03. The SMILES string of the molecule is O=C(c1ccno1)N1CCC2(CC1)COCCN(c1nccs1)C2. The fourth-order valence-corrected chi connectivity index (χ4v) is 4.17. The highest BCUT2D eigenvalue weighted by atomic mass is 32.1. The Morgan fingerprint density at radius 1 is 1.25 bits per heavy atom. The fourth-order valence-electron chi connectivity index (χ4n) is 3.50. The Balaban J connectivity index is 1.44. The van der Waals surface area contributed by atoms with Gasteiger partial charge in [0.1, 0.15) is 0 Å². The van der Waals surface area contributed by atoms with Gasteiger partial charge in [-0.3, -0.25) is 4.79 Å². The molecule has 2 aliphatic heterocycles. The third-order valence-electron chi connectivity index (χ3n) is 4.89. The van der Waals surface area contributed by atoms with Crippen molar-refractivity contribution in [2.75, 3.05) is 44.3 Å². The van der Waals surface area contributed by atoms with Gasteiger partial charge < -0.3 is 19.1 Å². The summed E-state index contributed by atoms with van der Waals surface area (Å²) in [7, 11) is 0. The number of aromatic nitrogens is 2. The zero-order chi connectivity index (χ0) is 16.4. The van der Waals surface area contributed by atoms with Gasteiger partial charge in [-0.15, -0.1) is 11.3 Å². The van der Waals surface area contributed by atoms with Crippen molar-refractivity contribution in [1.82, 2.24) is 15.0 Å². The molecule has 4 heterocycles. The summed E-state index contributed by atoms with van der Waals surface area (Å²) < 4.78 is 10.9. The number of thiazole rings is 1. The van der Waals surface area contributed by atoms with Crippen LogP contribution in [0.15, 0.2) is 28.4 Å². The van der Waals surface area contributed by atoms with Gasteiger partial charge in [0.2, 0.25) is 5.76 Å². The first-order valence-electron chi connectivity index (χ1n) is 8.18. The number of rotatable bonds is 2. The van der Waals surface area contributed by atoms with Crippen molar-refractivity contribution in [2.24, 2.45) is 5.41 Å². The average molecular weight is 348 g/mol. The summed E-state index contributed by atoms with van der Waals surface area (Å²) in [4.78, 5) is 21.0. The zero-order valence-corrected chi connectivity index (χ0v) is 14.2. The molecule has 24 heavy (non-hydrogen) atoms. The standard InChI is InChI=1S/C16H20N4O3S/c21-14(13-1-4-18-23-13)19-6-2-16(3-7-19)11-20(8-9-22-12-16)15-17-5-10-24-15/h1,4-5,10H,2-3,6-9,11-12H2. The molecule has 2 fully saturated rings. The number of carbonyl (C=O) groups excluding carboxylic acids is 1. The van der Waals surface area contributed by atoms with Crippen molar-refractivity contribution in [1.29, 1.82) is 0 Å². The molecular formula is C16H20N4O3S. The van der Waals surface area contributed by atoms with Gasteiger partial charge in [-0.25, -0.2) is 4.98 Å². The number of carbonyl (C=O) groups is 1. The minimum Gasteiger partial charge on any atom is -0.379 e. The van der Waals surface area contributed by atoms with E-state index in [0.29, 0.717) is 18.8 Å². The number of ether oxygens (including phenoxy) is 1. The lowest BCUT2D eigenvalue weighted by Crippen LogP contribution is -2.49. The zero-order valence-electron chi connectivity index (χ0n) is 13.4. The van der Waals surface area contributed by atoms with Crippen LogP contribution in [0, 0.1) is 5.41 Å². The Morgan fingerprint density at radius 2 is 2.12 bits per heavy atom. The number of hydrogen-bond donors (Lipinski definition) is 0. The first-order valence-corrected chi connectivity index (χ1v) is 9.06. The van der Waals surface area contributed by atoms with E-state index in [1.165, 1.54) is 6.20 Å². The largest absolute Gasteiger partial charge is 0.379 e. The van der Waals surface area contributed by atoms with Gasteiger partial charge in [0.25, 0.3) is 5.91 Å². The highest BCUT2D eigenvalue weighted by molar-refractivity contribution is 7.13. The van der Waals surface area contributed by atoms with Crippen LogP contribution in [-0.2, 0) is 4.74 Å². The number of anilines is 1. The Labute approximate surface area is 144 Å². The van der Waals surface area contributed by atoms with E-state index in [-0.39, 0.29) is 11.3 Å². The molecule has 0 atom stereocenters. The summed E-state index contributed by atoms with van der Waals surface area (Å²) in [6.07, 6.45) is 5.20. The van der Waals surface area contributed by atoms with E-state index in [0.717, 1.165) is 44.3 Å². The Hall–Kier alpha value is -1.93. The van der Waals surface area contributed by atoms with Crippen LogP contribution in [0.5, 0.6) is 0 Å². The molecule has 2 saturated heterocycles. The summed E-state index contributed by atoms with van der Waals surface area (Å²) in [6.45, 7) is 4.71. The van der Waals surface area contributed by atoms with E-state index >= 15 is 0 Å². The Bertz CT molecular complexity index is 666. The molecule has 128 valence electrons. The summed E-state index contributed by atoms with van der Waals surface area (Å²) >= 11 is 1.67. The maximum atomic E-state index is 12.4. The van der Waals surface area contributed by atoms with Crippen LogP contribution in [0.4, 0.5) is 5.13 Å². The van der Waals surface area contributed by atoms with Crippen LogP contribution in [0.3, 0.4) is 0 Å². The topological polar surface area (TPSA) is 71.7 Å².